The molecule has 0 heterocycles. The van der Waals surface area contributed by atoms with Crippen molar-refractivity contribution in [1.29, 1.82) is 0 Å². The number of hydrogen-bond acceptors (Lipinski definition) is 3. The van der Waals surface area contributed by atoms with Crippen LogP contribution >= 0.6 is 0 Å². The molecule has 2 aliphatic rings. The van der Waals surface area contributed by atoms with Gasteiger partial charge in [-0.2, -0.15) is 0 Å². The first-order valence-corrected chi connectivity index (χ1v) is 10.7. The minimum absolute atomic E-state index is 0.0918. The number of methoxy groups -OCH3 is 1. The zero-order valence-corrected chi connectivity index (χ0v) is 14.9. The summed E-state index contributed by atoms with van der Waals surface area (Å²) < 4.78 is 10.7. The number of alkyl halides is 1. The Morgan fingerprint density at radius 3 is 2.20 bits per heavy atom. The summed E-state index contributed by atoms with van der Waals surface area (Å²) in [6.07, 6.45) is 15.0. The Morgan fingerprint density at radius 2 is 1.65 bits per heavy atom. The fourth-order valence-corrected chi connectivity index (χ4v) is 4.70. The first-order chi connectivity index (χ1) is 9.83. The summed E-state index contributed by atoms with van der Waals surface area (Å²) in [6.45, 7) is 0. The van der Waals surface area contributed by atoms with E-state index in [1.165, 1.54) is 57.8 Å². The van der Waals surface area contributed by atoms with Crippen LogP contribution < -0.4 is 27.2 Å². The molecule has 20 heavy (non-hydrogen) atoms. The molecule has 0 radical (unpaired) electrons. The van der Waals surface area contributed by atoms with Crippen LogP contribution in [0.25, 0.3) is 0 Å². The van der Waals surface area contributed by atoms with Crippen molar-refractivity contribution >= 4 is 6.21 Å². The molecule has 2 saturated carbocycles. The molecule has 118 valence electrons. The van der Waals surface area contributed by atoms with E-state index < -0.39 is 0 Å². The van der Waals surface area contributed by atoms with E-state index in [-0.39, 0.29) is 21.5 Å². The second-order valence-electron chi connectivity index (χ2n) is 6.34. The molecule has 2 rings (SSSR count). The van der Waals surface area contributed by atoms with Gasteiger partial charge in [-0.05, 0) is 0 Å². The van der Waals surface area contributed by atoms with Crippen LogP contribution in [0.2, 0.25) is 0 Å². The Morgan fingerprint density at radius 1 is 1.05 bits per heavy atom. The summed E-state index contributed by atoms with van der Waals surface area (Å²) >= 11 is -0.0918. The molecule has 0 unspecified atom stereocenters. The van der Waals surface area contributed by atoms with Crippen LogP contribution in [0.3, 0.4) is 0 Å². The number of halogens is 1. The molecule has 0 aromatic carbocycles. The number of nitrogens with two attached hydrogens (primary N) is 1. The summed E-state index contributed by atoms with van der Waals surface area (Å²) in [6, 6.07) is 0. The Labute approximate surface area is 134 Å². The van der Waals surface area contributed by atoms with Crippen LogP contribution in [-0.4, -0.2) is 24.0 Å². The van der Waals surface area contributed by atoms with Crippen LogP contribution in [0.5, 0.6) is 0 Å². The van der Waals surface area contributed by atoms with Crippen LogP contribution in [-0.2, 0) is 4.74 Å². The van der Waals surface area contributed by atoms with E-state index in [1.807, 2.05) is 7.11 Å². The first-order valence-electron chi connectivity index (χ1n) is 8.16. The fraction of sp³-hybridized carbons (Fsp3) is 0.938. The molecule has 0 amide bonds. The molecule has 0 atom stereocenters. The molecular formula is C16H30IN2O-. The average molecular weight is 393 g/mol. The van der Waals surface area contributed by atoms with E-state index in [9.17, 15) is 0 Å². The van der Waals surface area contributed by atoms with Crippen molar-refractivity contribution in [2.45, 2.75) is 63.9 Å². The van der Waals surface area contributed by atoms with Gasteiger partial charge < -0.3 is 0 Å². The molecule has 2 aliphatic carbocycles. The standard InChI is InChI=1S/C16H30IN2O/c1-20-16-8-6-15(7-9-16)14-4-2-13(3-5-14)10-11-19-17-12-18/h11,13-16H,2-10,12,18H2,1H3/q-1. The van der Waals surface area contributed by atoms with Crippen molar-refractivity contribution in [2.75, 3.05) is 11.7 Å². The van der Waals surface area contributed by atoms with Gasteiger partial charge in [0, 0.05) is 7.11 Å². The number of hydrogen-bond donors (Lipinski definition) is 1. The van der Waals surface area contributed by atoms with Gasteiger partial charge in [0.15, 0.2) is 0 Å². The molecule has 0 saturated heterocycles. The molecule has 2 N–H and O–H groups in total. The van der Waals surface area contributed by atoms with E-state index in [2.05, 4.69) is 9.42 Å². The number of nitrogens with zero attached hydrogens (tertiary/aromatic N) is 1. The van der Waals surface area contributed by atoms with Crippen molar-refractivity contribution in [3.05, 3.63) is 0 Å². The Balaban J connectivity index is 1.64. The SMILES string of the molecule is COC1CCC(C2CCC(CC=N[I-]CN)CC2)CC1. The first kappa shape index (κ1) is 16.7. The number of ether oxygens (including phenoxy) is 1. The van der Waals surface area contributed by atoms with Gasteiger partial charge >= 0.3 is 128 Å². The third-order valence-corrected chi connectivity index (χ3v) is 6.44. The van der Waals surface area contributed by atoms with E-state index >= 15 is 0 Å². The predicted octanol–water partition coefficient (Wildman–Crippen LogP) is 0.379. The Bertz CT molecular complexity index is 282. The summed E-state index contributed by atoms with van der Waals surface area (Å²) in [5.41, 5.74) is 5.49. The second-order valence-corrected chi connectivity index (χ2v) is 8.46. The quantitative estimate of drug-likeness (QED) is 0.307. The van der Waals surface area contributed by atoms with Gasteiger partial charge in [0.05, 0.1) is 0 Å². The van der Waals surface area contributed by atoms with E-state index in [1.54, 1.807) is 0 Å². The molecule has 4 heteroatoms. The minimum atomic E-state index is -0.0918. The van der Waals surface area contributed by atoms with Crippen LogP contribution in [0.4, 0.5) is 0 Å². The average Bonchev–Trinajstić information content (AvgIpc) is 2.52. The van der Waals surface area contributed by atoms with Gasteiger partial charge in [-0.25, -0.2) is 0 Å². The van der Waals surface area contributed by atoms with Gasteiger partial charge in [0.2, 0.25) is 0 Å². The summed E-state index contributed by atoms with van der Waals surface area (Å²) in [5, 5.41) is 0. The van der Waals surface area contributed by atoms with Gasteiger partial charge in [-0.3, -0.25) is 0 Å². The topological polar surface area (TPSA) is 47.6 Å². The molecule has 0 spiro atoms. The van der Waals surface area contributed by atoms with Crippen molar-refractivity contribution < 1.29 is 26.2 Å². The molecule has 0 bridgehead atoms. The Kier molecular flexibility index (Phi) is 7.81. The molecular weight excluding hydrogens is 363 g/mol. The van der Waals surface area contributed by atoms with Gasteiger partial charge in [0.1, 0.15) is 0 Å². The normalized spacial score (nSPS) is 35.7. The van der Waals surface area contributed by atoms with Crippen LogP contribution in [0.15, 0.2) is 3.21 Å². The second kappa shape index (κ2) is 9.36. The summed E-state index contributed by atoms with van der Waals surface area (Å²) in [7, 11) is 1.87. The maximum atomic E-state index is 5.49. The van der Waals surface area contributed by atoms with Crippen molar-refractivity contribution in [1.82, 2.24) is 0 Å². The van der Waals surface area contributed by atoms with Crippen molar-refractivity contribution in [2.24, 2.45) is 26.7 Å². The van der Waals surface area contributed by atoms with Gasteiger partial charge in [0.25, 0.3) is 0 Å². The maximum absolute atomic E-state index is 5.49. The zero-order valence-electron chi connectivity index (χ0n) is 12.8. The third-order valence-electron chi connectivity index (χ3n) is 5.26. The number of rotatable bonds is 6. The van der Waals surface area contributed by atoms with Crippen molar-refractivity contribution in [3.8, 4) is 0 Å². The summed E-state index contributed by atoms with van der Waals surface area (Å²) in [4.78, 5) is 0. The monoisotopic (exact) mass is 393 g/mol. The van der Waals surface area contributed by atoms with Gasteiger partial charge in [-0.15, -0.1) is 0 Å². The molecule has 2 fully saturated rings. The molecule has 0 aromatic heterocycles. The molecule has 3 nitrogen and oxygen atoms in total. The third kappa shape index (κ3) is 5.26. The van der Waals surface area contributed by atoms with Crippen molar-refractivity contribution in [3.63, 3.8) is 0 Å². The fourth-order valence-electron chi connectivity index (χ4n) is 3.97. The Hall–Kier alpha value is 0.320. The predicted molar refractivity (Wildman–Crippen MR) is 80.4 cm³/mol. The van der Waals surface area contributed by atoms with E-state index in [0.29, 0.717) is 6.10 Å². The molecule has 0 aliphatic heterocycles. The van der Waals surface area contributed by atoms with Crippen LogP contribution in [0, 0.1) is 17.8 Å². The van der Waals surface area contributed by atoms with Gasteiger partial charge in [-0.1, -0.05) is 0 Å². The molecule has 0 aromatic rings. The van der Waals surface area contributed by atoms with Crippen LogP contribution in [0.1, 0.15) is 57.8 Å². The zero-order chi connectivity index (χ0) is 14.2. The van der Waals surface area contributed by atoms with E-state index in [4.69, 9.17) is 10.5 Å². The van der Waals surface area contributed by atoms with E-state index in [0.717, 1.165) is 22.3 Å². The summed E-state index contributed by atoms with van der Waals surface area (Å²) in [5.74, 6) is 2.88.